The smallest absolute Gasteiger partial charge is 0.309 e. The third-order valence-electron chi connectivity index (χ3n) is 4.10. The predicted octanol–water partition coefficient (Wildman–Crippen LogP) is 3.17. The molecule has 2 fully saturated rings. The van der Waals surface area contributed by atoms with Crippen molar-refractivity contribution in [3.63, 3.8) is 0 Å². The van der Waals surface area contributed by atoms with Crippen molar-refractivity contribution in [2.75, 3.05) is 0 Å². The Morgan fingerprint density at radius 2 is 1.94 bits per heavy atom. The van der Waals surface area contributed by atoms with Crippen LogP contribution in [-0.4, -0.2) is 5.97 Å². The molecular weight excluding hydrogens is 212 g/mol. The van der Waals surface area contributed by atoms with Gasteiger partial charge in [0.15, 0.2) is 0 Å². The molecule has 1 aromatic carbocycles. The zero-order valence-corrected chi connectivity index (χ0v) is 9.97. The van der Waals surface area contributed by atoms with Crippen LogP contribution in [0.15, 0.2) is 30.3 Å². The normalized spacial score (nSPS) is 30.5. The summed E-state index contributed by atoms with van der Waals surface area (Å²) < 4.78 is 5.40. The van der Waals surface area contributed by atoms with E-state index in [0.717, 1.165) is 30.2 Å². The van der Waals surface area contributed by atoms with Crippen LogP contribution in [-0.2, 0) is 16.1 Å². The average molecular weight is 230 g/mol. The second kappa shape index (κ2) is 4.52. The minimum Gasteiger partial charge on any atom is -0.461 e. The van der Waals surface area contributed by atoms with Gasteiger partial charge in [-0.15, -0.1) is 0 Å². The first kappa shape index (κ1) is 10.8. The van der Waals surface area contributed by atoms with E-state index in [0.29, 0.717) is 6.61 Å². The molecule has 0 radical (unpaired) electrons. The molecule has 3 rings (SSSR count). The van der Waals surface area contributed by atoms with Gasteiger partial charge in [-0.05, 0) is 43.1 Å². The highest BCUT2D eigenvalue weighted by atomic mass is 16.5. The number of benzene rings is 1. The van der Waals surface area contributed by atoms with E-state index in [1.807, 2.05) is 30.3 Å². The standard InChI is InChI=1S/C15H18O2/c16-15(13-7-6-12-8-14(12)9-13)17-10-11-4-2-1-3-5-11/h1-5,12-14H,6-10H2. The number of fused-ring (bicyclic) bond motifs is 1. The van der Waals surface area contributed by atoms with E-state index >= 15 is 0 Å². The van der Waals surface area contributed by atoms with E-state index in [9.17, 15) is 4.79 Å². The Balaban J connectivity index is 1.50. The van der Waals surface area contributed by atoms with Crippen molar-refractivity contribution in [1.29, 1.82) is 0 Å². The lowest BCUT2D eigenvalue weighted by Gasteiger charge is -2.19. The van der Waals surface area contributed by atoms with Crippen molar-refractivity contribution >= 4 is 5.97 Å². The highest BCUT2D eigenvalue weighted by Gasteiger charge is 2.44. The maximum atomic E-state index is 11.9. The molecule has 0 aromatic heterocycles. The van der Waals surface area contributed by atoms with Gasteiger partial charge in [0, 0.05) is 0 Å². The Morgan fingerprint density at radius 1 is 1.12 bits per heavy atom. The maximum absolute atomic E-state index is 11.9. The van der Waals surface area contributed by atoms with Gasteiger partial charge in [-0.2, -0.15) is 0 Å². The SMILES string of the molecule is O=C(OCc1ccccc1)C1CCC2CC2C1. The molecule has 0 spiro atoms. The highest BCUT2D eigenvalue weighted by Crippen LogP contribution is 2.51. The molecule has 0 saturated heterocycles. The van der Waals surface area contributed by atoms with E-state index in [1.54, 1.807) is 0 Å². The molecule has 0 amide bonds. The van der Waals surface area contributed by atoms with Crippen molar-refractivity contribution in [2.45, 2.75) is 32.3 Å². The predicted molar refractivity (Wildman–Crippen MR) is 65.2 cm³/mol. The van der Waals surface area contributed by atoms with Crippen LogP contribution >= 0.6 is 0 Å². The molecule has 90 valence electrons. The Labute approximate surface area is 102 Å². The number of hydrogen-bond acceptors (Lipinski definition) is 2. The molecule has 2 aliphatic carbocycles. The fourth-order valence-corrected chi connectivity index (χ4v) is 2.91. The third-order valence-corrected chi connectivity index (χ3v) is 4.10. The Morgan fingerprint density at radius 3 is 2.71 bits per heavy atom. The minimum absolute atomic E-state index is 0.0132. The van der Waals surface area contributed by atoms with E-state index in [1.165, 1.54) is 12.8 Å². The highest BCUT2D eigenvalue weighted by molar-refractivity contribution is 5.72. The summed E-state index contributed by atoms with van der Waals surface area (Å²) in [7, 11) is 0. The topological polar surface area (TPSA) is 26.3 Å². The molecule has 0 N–H and O–H groups in total. The molecule has 0 aliphatic heterocycles. The molecule has 0 bridgehead atoms. The summed E-state index contributed by atoms with van der Waals surface area (Å²) in [5.74, 6) is 1.95. The molecule has 2 heteroatoms. The van der Waals surface area contributed by atoms with Crippen LogP contribution in [0.3, 0.4) is 0 Å². The maximum Gasteiger partial charge on any atom is 0.309 e. The molecule has 3 unspecified atom stereocenters. The zero-order chi connectivity index (χ0) is 11.7. The third kappa shape index (κ3) is 2.51. The Kier molecular flexibility index (Phi) is 2.87. The largest absolute Gasteiger partial charge is 0.461 e. The van der Waals surface area contributed by atoms with Crippen molar-refractivity contribution in [1.82, 2.24) is 0 Å². The fourth-order valence-electron chi connectivity index (χ4n) is 2.91. The zero-order valence-electron chi connectivity index (χ0n) is 9.97. The van der Waals surface area contributed by atoms with Crippen LogP contribution < -0.4 is 0 Å². The van der Waals surface area contributed by atoms with E-state index in [2.05, 4.69) is 0 Å². The summed E-state index contributed by atoms with van der Waals surface area (Å²) in [6.45, 7) is 0.421. The van der Waals surface area contributed by atoms with Crippen LogP contribution in [0.25, 0.3) is 0 Å². The number of carbonyl (C=O) groups excluding carboxylic acids is 1. The van der Waals surface area contributed by atoms with Gasteiger partial charge in [0.05, 0.1) is 5.92 Å². The van der Waals surface area contributed by atoms with Gasteiger partial charge in [-0.1, -0.05) is 30.3 Å². The van der Waals surface area contributed by atoms with Gasteiger partial charge < -0.3 is 4.74 Å². The first-order chi connectivity index (χ1) is 8.33. The van der Waals surface area contributed by atoms with E-state index < -0.39 is 0 Å². The Bertz CT molecular complexity index is 399. The van der Waals surface area contributed by atoms with Crippen molar-refractivity contribution in [2.24, 2.45) is 17.8 Å². The van der Waals surface area contributed by atoms with Crippen LogP contribution in [0.1, 0.15) is 31.2 Å². The lowest BCUT2D eigenvalue weighted by Crippen LogP contribution is -2.21. The van der Waals surface area contributed by atoms with Gasteiger partial charge in [-0.25, -0.2) is 0 Å². The summed E-state index contributed by atoms with van der Waals surface area (Å²) in [5, 5.41) is 0. The molecule has 2 saturated carbocycles. The van der Waals surface area contributed by atoms with E-state index in [-0.39, 0.29) is 11.9 Å². The monoisotopic (exact) mass is 230 g/mol. The molecule has 0 heterocycles. The Hall–Kier alpha value is -1.31. The number of hydrogen-bond donors (Lipinski definition) is 0. The van der Waals surface area contributed by atoms with Crippen LogP contribution in [0, 0.1) is 17.8 Å². The van der Waals surface area contributed by atoms with Crippen molar-refractivity contribution in [3.8, 4) is 0 Å². The lowest BCUT2D eigenvalue weighted by molar-refractivity contribution is -0.151. The molecule has 3 atom stereocenters. The second-order valence-corrected chi connectivity index (χ2v) is 5.36. The first-order valence-corrected chi connectivity index (χ1v) is 6.53. The van der Waals surface area contributed by atoms with Gasteiger partial charge in [0.1, 0.15) is 6.61 Å². The van der Waals surface area contributed by atoms with Crippen molar-refractivity contribution < 1.29 is 9.53 Å². The summed E-state index contributed by atoms with van der Waals surface area (Å²) in [4.78, 5) is 11.9. The minimum atomic E-state index is 0.0132. The number of carbonyl (C=O) groups is 1. The van der Waals surface area contributed by atoms with Crippen molar-refractivity contribution in [3.05, 3.63) is 35.9 Å². The van der Waals surface area contributed by atoms with Crippen LogP contribution in [0.5, 0.6) is 0 Å². The van der Waals surface area contributed by atoms with Gasteiger partial charge in [0.2, 0.25) is 0 Å². The van der Waals surface area contributed by atoms with Gasteiger partial charge in [-0.3, -0.25) is 4.79 Å². The summed E-state index contributed by atoms with van der Waals surface area (Å²) in [6, 6.07) is 9.90. The average Bonchev–Trinajstić information content (AvgIpc) is 3.15. The van der Waals surface area contributed by atoms with Gasteiger partial charge in [0.25, 0.3) is 0 Å². The number of ether oxygens (including phenoxy) is 1. The summed E-state index contributed by atoms with van der Waals surface area (Å²) >= 11 is 0. The molecule has 17 heavy (non-hydrogen) atoms. The van der Waals surface area contributed by atoms with Crippen LogP contribution in [0.4, 0.5) is 0 Å². The van der Waals surface area contributed by atoms with Crippen LogP contribution in [0.2, 0.25) is 0 Å². The summed E-state index contributed by atoms with van der Waals surface area (Å²) in [5.41, 5.74) is 1.07. The molecule has 1 aromatic rings. The number of esters is 1. The summed E-state index contributed by atoms with van der Waals surface area (Å²) in [6.07, 6.45) is 4.69. The van der Waals surface area contributed by atoms with E-state index in [4.69, 9.17) is 4.74 Å². The molecule has 2 aliphatic rings. The fraction of sp³-hybridized carbons (Fsp3) is 0.533. The number of rotatable bonds is 3. The molecule has 2 nitrogen and oxygen atoms in total. The quantitative estimate of drug-likeness (QED) is 0.745. The first-order valence-electron chi connectivity index (χ1n) is 6.53. The lowest BCUT2D eigenvalue weighted by atomic mass is 9.89. The molecular formula is C15H18O2. The van der Waals surface area contributed by atoms with Gasteiger partial charge >= 0.3 is 5.97 Å². The second-order valence-electron chi connectivity index (χ2n) is 5.36.